The molecule has 0 radical (unpaired) electrons. The molecule has 0 aliphatic heterocycles. The molecule has 0 aliphatic rings. The Balaban J connectivity index is 2.59. The van der Waals surface area contributed by atoms with Gasteiger partial charge in [0.25, 0.3) is 0 Å². The van der Waals surface area contributed by atoms with Gasteiger partial charge >= 0.3 is 6.03 Å². The fraction of sp³-hybridized carbons (Fsp3) is 0.588. The summed E-state index contributed by atoms with van der Waals surface area (Å²) in [5.41, 5.74) is 0.547. The molecule has 0 unspecified atom stereocenters. The average molecular weight is 341 g/mol. The largest absolute Gasteiger partial charge is 0.394 e. The topological polar surface area (TPSA) is 65.0 Å². The molecule has 0 heterocycles. The molecule has 6 nitrogen and oxygen atoms in total. The van der Waals surface area contributed by atoms with Crippen LogP contribution in [0.5, 0.6) is 0 Å². The first-order valence-electron chi connectivity index (χ1n) is 8.33. The number of ether oxygens (including phenoxy) is 1. The highest BCUT2D eigenvalue weighted by Gasteiger charge is 2.14. The lowest BCUT2D eigenvalue weighted by atomic mass is 10.3. The van der Waals surface area contributed by atoms with Crippen LogP contribution in [0.25, 0.3) is 0 Å². The number of aliphatic hydroxyl groups is 1. The van der Waals surface area contributed by atoms with Crippen molar-refractivity contribution in [2.45, 2.75) is 13.8 Å². The van der Waals surface area contributed by atoms with Gasteiger partial charge in [-0.1, -0.05) is 13.8 Å². The number of nitrogens with one attached hydrogen (secondary N) is 1. The van der Waals surface area contributed by atoms with Crippen molar-refractivity contribution < 1.29 is 19.0 Å². The fourth-order valence-electron chi connectivity index (χ4n) is 2.19. The van der Waals surface area contributed by atoms with Crippen LogP contribution in [0.15, 0.2) is 24.3 Å². The second-order valence-electron chi connectivity index (χ2n) is 5.29. The van der Waals surface area contributed by atoms with E-state index in [-0.39, 0.29) is 25.1 Å². The SMILES string of the molecule is CCN(CC)CCN(CCOCCO)C(=O)Nc1ccc(F)cc1. The molecule has 0 saturated heterocycles. The standard InChI is InChI=1S/C17H28FN3O3/c1-3-20(4-2)9-10-21(11-13-24-14-12-22)17(23)19-16-7-5-15(18)6-8-16/h5-8,22H,3-4,9-14H2,1-2H3,(H,19,23). The van der Waals surface area contributed by atoms with E-state index in [9.17, 15) is 9.18 Å². The van der Waals surface area contributed by atoms with Crippen molar-refractivity contribution in [3.8, 4) is 0 Å². The molecule has 0 bridgehead atoms. The van der Waals surface area contributed by atoms with Gasteiger partial charge in [-0.3, -0.25) is 0 Å². The zero-order valence-corrected chi connectivity index (χ0v) is 14.5. The summed E-state index contributed by atoms with van der Waals surface area (Å²) in [7, 11) is 0. The minimum atomic E-state index is -0.344. The Bertz CT molecular complexity index is 467. The number of carbonyl (C=O) groups is 1. The van der Waals surface area contributed by atoms with Crippen molar-refractivity contribution in [2.24, 2.45) is 0 Å². The lowest BCUT2D eigenvalue weighted by Gasteiger charge is -2.26. The van der Waals surface area contributed by atoms with Gasteiger partial charge in [-0.25, -0.2) is 9.18 Å². The van der Waals surface area contributed by atoms with Gasteiger partial charge in [0.15, 0.2) is 0 Å². The minimum absolute atomic E-state index is 0.0405. The first-order chi connectivity index (χ1) is 11.6. The lowest BCUT2D eigenvalue weighted by Crippen LogP contribution is -2.42. The Morgan fingerprint density at radius 2 is 1.79 bits per heavy atom. The van der Waals surface area contributed by atoms with Crippen molar-refractivity contribution in [2.75, 3.05) is 57.9 Å². The van der Waals surface area contributed by atoms with Gasteiger partial charge in [-0.15, -0.1) is 0 Å². The lowest BCUT2D eigenvalue weighted by molar-refractivity contribution is 0.0784. The molecule has 2 amide bonds. The van der Waals surface area contributed by atoms with Crippen LogP contribution in [0.2, 0.25) is 0 Å². The number of urea groups is 1. The number of aliphatic hydroxyl groups excluding tert-OH is 1. The average Bonchev–Trinajstić information content (AvgIpc) is 2.59. The smallest absolute Gasteiger partial charge is 0.321 e. The van der Waals surface area contributed by atoms with Crippen molar-refractivity contribution in [1.29, 1.82) is 0 Å². The molecule has 0 fully saturated rings. The predicted molar refractivity (Wildman–Crippen MR) is 92.7 cm³/mol. The molecule has 1 aromatic rings. The third-order valence-electron chi connectivity index (χ3n) is 3.70. The van der Waals surface area contributed by atoms with E-state index in [1.165, 1.54) is 24.3 Å². The zero-order valence-electron chi connectivity index (χ0n) is 14.5. The van der Waals surface area contributed by atoms with E-state index in [0.29, 0.717) is 25.4 Å². The quantitative estimate of drug-likeness (QED) is 0.604. The van der Waals surface area contributed by atoms with Crippen molar-refractivity contribution in [3.05, 3.63) is 30.1 Å². The number of likely N-dealkylation sites (N-methyl/N-ethyl adjacent to an activating group) is 1. The van der Waals surface area contributed by atoms with E-state index in [4.69, 9.17) is 9.84 Å². The van der Waals surface area contributed by atoms with E-state index in [1.54, 1.807) is 4.90 Å². The summed E-state index contributed by atoms with van der Waals surface area (Å²) >= 11 is 0. The molecule has 7 heteroatoms. The summed E-state index contributed by atoms with van der Waals surface area (Å²) in [4.78, 5) is 16.3. The Kier molecular flexibility index (Phi) is 9.98. The molecular formula is C17H28FN3O3. The van der Waals surface area contributed by atoms with Gasteiger partial charge < -0.3 is 25.0 Å². The van der Waals surface area contributed by atoms with E-state index in [0.717, 1.165) is 19.6 Å². The second-order valence-corrected chi connectivity index (χ2v) is 5.29. The third kappa shape index (κ3) is 7.72. The zero-order chi connectivity index (χ0) is 17.8. The van der Waals surface area contributed by atoms with Gasteiger partial charge in [0.1, 0.15) is 5.82 Å². The summed E-state index contributed by atoms with van der Waals surface area (Å²) in [5.74, 6) is -0.344. The van der Waals surface area contributed by atoms with Crippen LogP contribution in [-0.4, -0.2) is 73.5 Å². The van der Waals surface area contributed by atoms with Crippen LogP contribution in [-0.2, 0) is 4.74 Å². The number of amides is 2. The number of halogens is 1. The molecule has 0 aliphatic carbocycles. The summed E-state index contributed by atoms with van der Waals surface area (Å²) < 4.78 is 18.2. The maximum Gasteiger partial charge on any atom is 0.321 e. The van der Waals surface area contributed by atoms with Gasteiger partial charge in [-0.05, 0) is 37.4 Å². The van der Waals surface area contributed by atoms with Crippen LogP contribution in [0.3, 0.4) is 0 Å². The van der Waals surface area contributed by atoms with Crippen molar-refractivity contribution in [3.63, 3.8) is 0 Å². The second kappa shape index (κ2) is 11.8. The maximum atomic E-state index is 12.9. The third-order valence-corrected chi connectivity index (χ3v) is 3.70. The monoisotopic (exact) mass is 341 g/mol. The first kappa shape index (κ1) is 20.3. The van der Waals surface area contributed by atoms with Crippen LogP contribution < -0.4 is 5.32 Å². The Labute approximate surface area is 143 Å². The molecular weight excluding hydrogens is 313 g/mol. The molecule has 2 N–H and O–H groups in total. The van der Waals surface area contributed by atoms with Crippen LogP contribution in [0.1, 0.15) is 13.8 Å². The number of hydrogen-bond donors (Lipinski definition) is 2. The van der Waals surface area contributed by atoms with Crippen LogP contribution in [0, 0.1) is 5.82 Å². The molecule has 1 rings (SSSR count). The summed E-state index contributed by atoms with van der Waals surface area (Å²) in [6.45, 7) is 8.33. The van der Waals surface area contributed by atoms with Crippen molar-refractivity contribution in [1.82, 2.24) is 9.80 Å². The van der Waals surface area contributed by atoms with Crippen molar-refractivity contribution >= 4 is 11.7 Å². The molecule has 0 spiro atoms. The number of hydrogen-bond acceptors (Lipinski definition) is 4. The van der Waals surface area contributed by atoms with Gasteiger partial charge in [0.05, 0.1) is 19.8 Å². The molecule has 0 atom stereocenters. The molecule has 1 aromatic carbocycles. The minimum Gasteiger partial charge on any atom is -0.394 e. The predicted octanol–water partition coefficient (Wildman–Crippen LogP) is 2.01. The van der Waals surface area contributed by atoms with Crippen LogP contribution in [0.4, 0.5) is 14.9 Å². The Morgan fingerprint density at radius 1 is 1.12 bits per heavy atom. The van der Waals surface area contributed by atoms with Gasteiger partial charge in [0, 0.05) is 25.3 Å². The maximum absolute atomic E-state index is 12.9. The summed E-state index contributed by atoms with van der Waals surface area (Å²) in [6, 6.07) is 5.41. The first-order valence-corrected chi connectivity index (χ1v) is 8.33. The van der Waals surface area contributed by atoms with E-state index in [1.807, 2.05) is 0 Å². The van der Waals surface area contributed by atoms with Crippen LogP contribution >= 0.6 is 0 Å². The number of carbonyl (C=O) groups excluding carboxylic acids is 1. The number of anilines is 1. The highest BCUT2D eigenvalue weighted by molar-refractivity contribution is 5.89. The molecule has 0 saturated carbocycles. The Morgan fingerprint density at radius 3 is 2.38 bits per heavy atom. The number of benzene rings is 1. The normalized spacial score (nSPS) is 10.9. The van der Waals surface area contributed by atoms with Gasteiger partial charge in [0.2, 0.25) is 0 Å². The number of rotatable bonds is 11. The van der Waals surface area contributed by atoms with E-state index >= 15 is 0 Å². The molecule has 24 heavy (non-hydrogen) atoms. The van der Waals surface area contributed by atoms with E-state index < -0.39 is 0 Å². The molecule has 136 valence electrons. The molecule has 0 aromatic heterocycles. The fourth-order valence-corrected chi connectivity index (χ4v) is 2.19. The summed E-state index contributed by atoms with van der Waals surface area (Å²) in [5, 5.41) is 11.5. The highest BCUT2D eigenvalue weighted by atomic mass is 19.1. The van der Waals surface area contributed by atoms with E-state index in [2.05, 4.69) is 24.1 Å². The number of nitrogens with zero attached hydrogens (tertiary/aromatic N) is 2. The highest BCUT2D eigenvalue weighted by Crippen LogP contribution is 2.09. The van der Waals surface area contributed by atoms with Gasteiger partial charge in [-0.2, -0.15) is 0 Å². The summed E-state index contributed by atoms with van der Waals surface area (Å²) in [6.07, 6.45) is 0. The Hall–Kier alpha value is -1.70.